The second-order valence-corrected chi connectivity index (χ2v) is 5.05. The average molecular weight is 265 g/mol. The van der Waals surface area contributed by atoms with Crippen LogP contribution >= 0.6 is 0 Å². The number of carbonyl (C=O) groups excluding carboxylic acids is 1. The first-order valence-corrected chi connectivity index (χ1v) is 6.37. The quantitative estimate of drug-likeness (QED) is 0.840. The molecule has 0 aliphatic carbocycles. The van der Waals surface area contributed by atoms with Gasteiger partial charge in [-0.15, -0.1) is 0 Å². The molecule has 0 bridgehead atoms. The number of anilines is 1. The number of nitrogens with one attached hydrogen (secondary N) is 1. The van der Waals surface area contributed by atoms with Gasteiger partial charge in [0.1, 0.15) is 0 Å². The maximum atomic E-state index is 11.7. The number of rotatable bonds is 2. The number of hydrogen-bond acceptors (Lipinski definition) is 2. The van der Waals surface area contributed by atoms with E-state index in [0.717, 1.165) is 15.7 Å². The number of amides is 1. The van der Waals surface area contributed by atoms with Gasteiger partial charge in [0.15, 0.2) is 0 Å². The molecule has 0 saturated heterocycles. The molecule has 0 fully saturated rings. The van der Waals surface area contributed by atoms with Crippen molar-refractivity contribution in [3.8, 4) is 0 Å². The van der Waals surface area contributed by atoms with Crippen LogP contribution in [0, 0.1) is 6.92 Å². The molecule has 2 rings (SSSR count). The molecule has 0 aliphatic heterocycles. The van der Waals surface area contributed by atoms with E-state index in [-0.39, 0.29) is 20.4 Å². The van der Waals surface area contributed by atoms with Crippen molar-refractivity contribution < 1.29 is 4.79 Å². The van der Waals surface area contributed by atoms with Crippen LogP contribution < -0.4 is 5.32 Å². The van der Waals surface area contributed by atoms with Gasteiger partial charge in [-0.3, -0.25) is 0 Å². The second-order valence-electron chi connectivity index (χ2n) is 3.19. The van der Waals surface area contributed by atoms with Crippen molar-refractivity contribution >= 4 is 26.1 Å². The van der Waals surface area contributed by atoms with Crippen LogP contribution in [0.25, 0.3) is 0 Å². The first-order valence-electron chi connectivity index (χ1n) is 4.52. The van der Waals surface area contributed by atoms with Crippen molar-refractivity contribution in [2.24, 2.45) is 0 Å². The summed E-state index contributed by atoms with van der Waals surface area (Å²) in [4.78, 5) is 15.6. The third-order valence-corrected chi connectivity index (χ3v) is 3.55. The van der Waals surface area contributed by atoms with Crippen LogP contribution in [-0.4, -0.2) is 25.4 Å². The van der Waals surface area contributed by atoms with Crippen LogP contribution in [0.15, 0.2) is 35.5 Å². The van der Waals surface area contributed by atoms with Crippen molar-refractivity contribution in [1.29, 1.82) is 0 Å². The second kappa shape index (κ2) is 4.43. The Morgan fingerprint density at radius 3 is 3.00 bits per heavy atom. The molecule has 1 amide bonds. The molecule has 0 radical (unpaired) electrons. The molecule has 2 aromatic rings. The predicted molar refractivity (Wildman–Crippen MR) is 60.3 cm³/mol. The van der Waals surface area contributed by atoms with Crippen molar-refractivity contribution in [3.05, 3.63) is 45.5 Å². The molecular weight excluding hydrogens is 255 g/mol. The molecule has 1 aromatic carbocycles. The van der Waals surface area contributed by atoms with Gasteiger partial charge in [-0.1, -0.05) is 0 Å². The van der Waals surface area contributed by atoms with Gasteiger partial charge in [-0.05, 0) is 0 Å². The summed E-state index contributed by atoms with van der Waals surface area (Å²) in [6.45, 7) is 2.00. The Balaban J connectivity index is 2.13. The van der Waals surface area contributed by atoms with Gasteiger partial charge in [-0.2, -0.15) is 0 Å². The zero-order valence-corrected chi connectivity index (χ0v) is 9.94. The topological polar surface area (TPSA) is 42.0 Å². The van der Waals surface area contributed by atoms with Crippen LogP contribution in [-0.2, 0) is 0 Å². The zero-order valence-electron chi connectivity index (χ0n) is 8.23. The summed E-state index contributed by atoms with van der Waals surface area (Å²) < 4.78 is 0.768. The Labute approximate surface area is 93.9 Å². The predicted octanol–water partition coefficient (Wildman–Crippen LogP) is 1.70. The van der Waals surface area contributed by atoms with Crippen LogP contribution in [0.4, 0.5) is 5.69 Å². The van der Waals surface area contributed by atoms with Gasteiger partial charge in [0.25, 0.3) is 0 Å². The summed E-state index contributed by atoms with van der Waals surface area (Å²) in [6, 6.07) is 7.75. The number of aryl methyl sites for hydroxylation is 1. The van der Waals surface area contributed by atoms with Gasteiger partial charge in [0.2, 0.25) is 0 Å². The number of nitrogens with zero attached hydrogens (tertiary/aromatic N) is 1. The summed E-state index contributed by atoms with van der Waals surface area (Å²) in [5.41, 5.74) is 1.97. The normalized spacial score (nSPS) is 9.93. The molecule has 0 atom stereocenters. The molecule has 0 unspecified atom stereocenters. The molecular formula is C11H10N2OSe. The fraction of sp³-hybridized carbons (Fsp3) is 0.0909. The minimum absolute atomic E-state index is 0.0434. The standard InChI is InChI=1S/C11H10N2OSe/c1-8-3-2-4-9(5-8)13-11(14)10-6-12-7-15-10/h2-7H,1H3,(H,13,14). The van der Waals surface area contributed by atoms with Gasteiger partial charge >= 0.3 is 93.7 Å². The van der Waals surface area contributed by atoms with Crippen LogP contribution in [0.2, 0.25) is 0 Å². The number of carbonyl (C=O) groups is 1. The molecule has 1 heterocycles. The Morgan fingerprint density at radius 1 is 1.47 bits per heavy atom. The molecule has 0 spiro atoms. The third kappa shape index (κ3) is 2.55. The maximum absolute atomic E-state index is 11.7. The van der Waals surface area contributed by atoms with E-state index in [2.05, 4.69) is 10.3 Å². The van der Waals surface area contributed by atoms with E-state index < -0.39 is 0 Å². The van der Waals surface area contributed by atoms with Gasteiger partial charge < -0.3 is 0 Å². The van der Waals surface area contributed by atoms with Crippen LogP contribution in [0.1, 0.15) is 14.8 Å². The van der Waals surface area contributed by atoms with E-state index in [4.69, 9.17) is 0 Å². The Hall–Kier alpha value is -1.38. The summed E-state index contributed by atoms with van der Waals surface area (Å²) >= 11 is 0.0912. The zero-order chi connectivity index (χ0) is 10.7. The Morgan fingerprint density at radius 2 is 2.33 bits per heavy atom. The summed E-state index contributed by atoms with van der Waals surface area (Å²) in [6.07, 6.45) is 1.63. The molecule has 1 N–H and O–H groups in total. The molecule has 0 aliphatic rings. The van der Waals surface area contributed by atoms with E-state index >= 15 is 0 Å². The summed E-state index contributed by atoms with van der Waals surface area (Å²) in [5, 5.41) is 4.64. The van der Waals surface area contributed by atoms with Crippen LogP contribution in [0.5, 0.6) is 0 Å². The number of hydrogen-bond donors (Lipinski definition) is 1. The van der Waals surface area contributed by atoms with Crippen molar-refractivity contribution in [1.82, 2.24) is 4.98 Å². The summed E-state index contributed by atoms with van der Waals surface area (Å²) in [5.74, 6) is -0.0434. The monoisotopic (exact) mass is 266 g/mol. The van der Waals surface area contributed by atoms with Gasteiger partial charge in [0.05, 0.1) is 0 Å². The third-order valence-electron chi connectivity index (χ3n) is 1.93. The van der Waals surface area contributed by atoms with Gasteiger partial charge in [0, 0.05) is 0 Å². The van der Waals surface area contributed by atoms with E-state index in [1.54, 1.807) is 11.3 Å². The Kier molecular flexibility index (Phi) is 2.99. The molecule has 1 aromatic heterocycles. The van der Waals surface area contributed by atoms with E-state index in [1.807, 2.05) is 31.2 Å². The number of aromatic nitrogens is 1. The van der Waals surface area contributed by atoms with E-state index in [0.29, 0.717) is 0 Å². The van der Waals surface area contributed by atoms with Crippen molar-refractivity contribution in [2.45, 2.75) is 6.92 Å². The fourth-order valence-electron chi connectivity index (χ4n) is 1.24. The molecule has 4 heteroatoms. The average Bonchev–Trinajstić information content (AvgIpc) is 2.70. The molecule has 76 valence electrons. The SMILES string of the molecule is Cc1cccc(NC(=O)c2cnc[se]2)c1. The first kappa shape index (κ1) is 10.1. The first-order chi connectivity index (χ1) is 7.25. The number of benzene rings is 1. The summed E-state index contributed by atoms with van der Waals surface area (Å²) in [7, 11) is 0. The van der Waals surface area contributed by atoms with Crippen molar-refractivity contribution in [2.75, 3.05) is 5.32 Å². The van der Waals surface area contributed by atoms with E-state index in [1.165, 1.54) is 0 Å². The molecule has 15 heavy (non-hydrogen) atoms. The van der Waals surface area contributed by atoms with Gasteiger partial charge in [-0.25, -0.2) is 0 Å². The van der Waals surface area contributed by atoms with E-state index in [9.17, 15) is 4.79 Å². The molecule has 3 nitrogen and oxygen atoms in total. The van der Waals surface area contributed by atoms with Crippen LogP contribution in [0.3, 0.4) is 0 Å². The Bertz CT molecular complexity index is 465. The molecule has 0 saturated carbocycles. The van der Waals surface area contributed by atoms with Crippen molar-refractivity contribution in [3.63, 3.8) is 0 Å². The fourth-order valence-corrected chi connectivity index (χ4v) is 2.32. The minimum atomic E-state index is -0.0434.